The Morgan fingerprint density at radius 3 is 2.80 bits per heavy atom. The molecule has 0 atom stereocenters. The summed E-state index contributed by atoms with van der Waals surface area (Å²) in [6.45, 7) is 2.69. The van der Waals surface area contributed by atoms with Crippen LogP contribution in [0.5, 0.6) is 0 Å². The number of hydrogen-bond acceptors (Lipinski definition) is 4. The van der Waals surface area contributed by atoms with Gasteiger partial charge in [0.25, 0.3) is 0 Å². The van der Waals surface area contributed by atoms with E-state index in [1.807, 2.05) is 31.0 Å². The summed E-state index contributed by atoms with van der Waals surface area (Å²) in [7, 11) is 3.34. The lowest BCUT2D eigenvalue weighted by Gasteiger charge is -2.14. The Morgan fingerprint density at radius 2 is 2.27 bits per heavy atom. The van der Waals surface area contributed by atoms with Crippen LogP contribution in [0.1, 0.15) is 18.6 Å². The minimum atomic E-state index is -0.168. The van der Waals surface area contributed by atoms with Crippen molar-refractivity contribution in [1.29, 1.82) is 0 Å². The predicted octanol–water partition coefficient (Wildman–Crippen LogP) is 1.98. The molecule has 0 unspecified atom stereocenters. The fraction of sp³-hybridized carbons (Fsp3) is 0.545. The van der Waals surface area contributed by atoms with Crippen molar-refractivity contribution in [2.24, 2.45) is 0 Å². The van der Waals surface area contributed by atoms with E-state index in [-0.39, 0.29) is 5.97 Å². The molecule has 0 N–H and O–H groups in total. The van der Waals surface area contributed by atoms with Gasteiger partial charge in [0.05, 0.1) is 7.11 Å². The number of aryl methyl sites for hydroxylation is 1. The standard InChI is InChI=1S/C11H17NO3/c1-9-6-7-10(15-9)12(2)8-4-5-11(13)14-3/h6-7H,4-5,8H2,1-3H3. The second-order valence-corrected chi connectivity index (χ2v) is 3.49. The third-order valence-corrected chi connectivity index (χ3v) is 2.20. The Hall–Kier alpha value is -1.45. The number of ether oxygens (including phenoxy) is 1. The third kappa shape index (κ3) is 3.65. The molecule has 0 aliphatic rings. The normalized spacial score (nSPS) is 10.1. The summed E-state index contributed by atoms with van der Waals surface area (Å²) in [6, 6.07) is 3.85. The molecular formula is C11H17NO3. The van der Waals surface area contributed by atoms with E-state index in [1.54, 1.807) is 0 Å². The van der Waals surface area contributed by atoms with Gasteiger partial charge in [-0.2, -0.15) is 0 Å². The van der Waals surface area contributed by atoms with Crippen molar-refractivity contribution in [2.45, 2.75) is 19.8 Å². The zero-order chi connectivity index (χ0) is 11.3. The molecule has 0 radical (unpaired) electrons. The molecule has 0 amide bonds. The van der Waals surface area contributed by atoms with E-state index >= 15 is 0 Å². The number of carbonyl (C=O) groups excluding carboxylic acids is 1. The average molecular weight is 211 g/mol. The summed E-state index contributed by atoms with van der Waals surface area (Å²) in [4.78, 5) is 12.9. The molecule has 1 rings (SSSR count). The van der Waals surface area contributed by atoms with Crippen LogP contribution in [-0.2, 0) is 9.53 Å². The van der Waals surface area contributed by atoms with Gasteiger partial charge in [-0.1, -0.05) is 0 Å². The summed E-state index contributed by atoms with van der Waals surface area (Å²) in [6.07, 6.45) is 1.21. The summed E-state index contributed by atoms with van der Waals surface area (Å²) >= 11 is 0. The largest absolute Gasteiger partial charge is 0.469 e. The third-order valence-electron chi connectivity index (χ3n) is 2.20. The maximum Gasteiger partial charge on any atom is 0.305 e. The van der Waals surface area contributed by atoms with Gasteiger partial charge in [0.2, 0.25) is 0 Å². The number of rotatable bonds is 5. The van der Waals surface area contributed by atoms with E-state index in [2.05, 4.69) is 4.74 Å². The van der Waals surface area contributed by atoms with Gasteiger partial charge < -0.3 is 14.1 Å². The number of methoxy groups -OCH3 is 1. The lowest BCUT2D eigenvalue weighted by Crippen LogP contribution is -2.18. The first-order valence-corrected chi connectivity index (χ1v) is 4.98. The molecule has 0 bridgehead atoms. The molecular weight excluding hydrogens is 194 g/mol. The fourth-order valence-corrected chi connectivity index (χ4v) is 1.30. The van der Waals surface area contributed by atoms with Crippen LogP contribution in [0.25, 0.3) is 0 Å². The maximum absolute atomic E-state index is 10.9. The first kappa shape index (κ1) is 11.6. The van der Waals surface area contributed by atoms with Gasteiger partial charge in [-0.25, -0.2) is 0 Å². The molecule has 15 heavy (non-hydrogen) atoms. The molecule has 0 saturated carbocycles. The van der Waals surface area contributed by atoms with E-state index in [0.717, 1.165) is 24.6 Å². The average Bonchev–Trinajstić information content (AvgIpc) is 2.64. The lowest BCUT2D eigenvalue weighted by molar-refractivity contribution is -0.140. The second kappa shape index (κ2) is 5.44. The van der Waals surface area contributed by atoms with Crippen LogP contribution in [-0.4, -0.2) is 26.7 Å². The van der Waals surface area contributed by atoms with E-state index in [4.69, 9.17) is 4.42 Å². The molecule has 84 valence electrons. The van der Waals surface area contributed by atoms with E-state index in [1.165, 1.54) is 7.11 Å². The zero-order valence-electron chi connectivity index (χ0n) is 9.45. The predicted molar refractivity (Wildman–Crippen MR) is 58.0 cm³/mol. The molecule has 0 aliphatic heterocycles. The number of anilines is 1. The number of carbonyl (C=O) groups is 1. The van der Waals surface area contributed by atoms with E-state index in [9.17, 15) is 4.79 Å². The molecule has 1 aromatic heterocycles. The molecule has 0 aromatic carbocycles. The maximum atomic E-state index is 10.9. The van der Waals surface area contributed by atoms with Crippen molar-refractivity contribution in [3.8, 4) is 0 Å². The summed E-state index contributed by atoms with van der Waals surface area (Å²) in [5.41, 5.74) is 0. The Kier molecular flexibility index (Phi) is 4.21. The highest BCUT2D eigenvalue weighted by molar-refractivity contribution is 5.69. The second-order valence-electron chi connectivity index (χ2n) is 3.49. The van der Waals surface area contributed by atoms with E-state index < -0.39 is 0 Å². The topological polar surface area (TPSA) is 42.7 Å². The van der Waals surface area contributed by atoms with Gasteiger partial charge in [-0.05, 0) is 19.4 Å². The number of nitrogens with zero attached hydrogens (tertiary/aromatic N) is 1. The minimum absolute atomic E-state index is 0.168. The van der Waals surface area contributed by atoms with Crippen molar-refractivity contribution >= 4 is 11.9 Å². The van der Waals surface area contributed by atoms with Crippen LogP contribution in [0, 0.1) is 6.92 Å². The molecule has 0 spiro atoms. The molecule has 0 fully saturated rings. The van der Waals surface area contributed by atoms with Crippen LogP contribution in [0.15, 0.2) is 16.5 Å². The quantitative estimate of drug-likeness (QED) is 0.698. The van der Waals surface area contributed by atoms with Crippen LogP contribution in [0.4, 0.5) is 5.88 Å². The van der Waals surface area contributed by atoms with Gasteiger partial charge in [0.1, 0.15) is 5.76 Å². The number of hydrogen-bond donors (Lipinski definition) is 0. The van der Waals surface area contributed by atoms with Crippen molar-refractivity contribution in [2.75, 3.05) is 25.6 Å². The Balaban J connectivity index is 2.30. The van der Waals surface area contributed by atoms with Crippen LogP contribution in [0.3, 0.4) is 0 Å². The van der Waals surface area contributed by atoms with E-state index in [0.29, 0.717) is 6.42 Å². The van der Waals surface area contributed by atoms with Crippen LogP contribution >= 0.6 is 0 Å². The highest BCUT2D eigenvalue weighted by atomic mass is 16.5. The summed E-state index contributed by atoms with van der Waals surface area (Å²) < 4.78 is 10.00. The molecule has 4 heteroatoms. The van der Waals surface area contributed by atoms with Crippen molar-refractivity contribution < 1.29 is 13.9 Å². The first-order valence-electron chi connectivity index (χ1n) is 4.98. The van der Waals surface area contributed by atoms with Gasteiger partial charge in [0.15, 0.2) is 5.88 Å². The first-order chi connectivity index (χ1) is 7.13. The molecule has 0 saturated heterocycles. The monoisotopic (exact) mass is 211 g/mol. The summed E-state index contributed by atoms with van der Waals surface area (Å²) in [5, 5.41) is 0. The molecule has 1 heterocycles. The van der Waals surface area contributed by atoms with Gasteiger partial charge in [0, 0.05) is 26.1 Å². The number of furan rings is 1. The highest BCUT2D eigenvalue weighted by Crippen LogP contribution is 2.16. The Labute approximate surface area is 89.8 Å². The Morgan fingerprint density at radius 1 is 1.53 bits per heavy atom. The SMILES string of the molecule is COC(=O)CCCN(C)c1ccc(C)o1. The summed E-state index contributed by atoms with van der Waals surface area (Å²) in [5.74, 6) is 1.56. The van der Waals surface area contributed by atoms with Gasteiger partial charge in [-0.3, -0.25) is 4.79 Å². The highest BCUT2D eigenvalue weighted by Gasteiger charge is 2.06. The van der Waals surface area contributed by atoms with Crippen LogP contribution < -0.4 is 4.90 Å². The van der Waals surface area contributed by atoms with Gasteiger partial charge in [-0.15, -0.1) is 0 Å². The lowest BCUT2D eigenvalue weighted by atomic mass is 10.3. The smallest absolute Gasteiger partial charge is 0.305 e. The Bertz CT molecular complexity index is 319. The molecule has 0 aliphatic carbocycles. The van der Waals surface area contributed by atoms with Crippen LogP contribution in [0.2, 0.25) is 0 Å². The van der Waals surface area contributed by atoms with Crippen molar-refractivity contribution in [3.05, 3.63) is 17.9 Å². The zero-order valence-corrected chi connectivity index (χ0v) is 9.45. The van der Waals surface area contributed by atoms with Crippen molar-refractivity contribution in [3.63, 3.8) is 0 Å². The minimum Gasteiger partial charge on any atom is -0.469 e. The van der Waals surface area contributed by atoms with Gasteiger partial charge >= 0.3 is 5.97 Å². The number of esters is 1. The van der Waals surface area contributed by atoms with Crippen molar-refractivity contribution in [1.82, 2.24) is 0 Å². The molecule has 1 aromatic rings. The molecule has 4 nitrogen and oxygen atoms in total. The fourth-order valence-electron chi connectivity index (χ4n) is 1.30.